The normalized spacial score (nSPS) is 20.4. The second kappa shape index (κ2) is 7.08. The molecular formula is C17H22N2O6. The number of aliphatic carboxylic acids is 1. The molecule has 1 aromatic carbocycles. The molecule has 1 amide bonds. The molecule has 1 saturated heterocycles. The van der Waals surface area contributed by atoms with Gasteiger partial charge in [-0.1, -0.05) is 12.1 Å². The van der Waals surface area contributed by atoms with E-state index >= 15 is 0 Å². The predicted octanol–water partition coefficient (Wildman–Crippen LogP) is 2.85. The maximum Gasteiger partial charge on any atom is 0.411 e. The van der Waals surface area contributed by atoms with Crippen molar-refractivity contribution in [2.45, 2.75) is 45.3 Å². The summed E-state index contributed by atoms with van der Waals surface area (Å²) in [5.74, 6) is -1.18. The number of hydrogen-bond donors (Lipinski definition) is 1. The van der Waals surface area contributed by atoms with Crippen LogP contribution >= 0.6 is 0 Å². The van der Waals surface area contributed by atoms with E-state index in [9.17, 15) is 24.8 Å². The van der Waals surface area contributed by atoms with Gasteiger partial charge in [-0.2, -0.15) is 0 Å². The van der Waals surface area contributed by atoms with Gasteiger partial charge in [-0.3, -0.25) is 15.0 Å². The van der Waals surface area contributed by atoms with E-state index in [2.05, 4.69) is 0 Å². The van der Waals surface area contributed by atoms with Crippen LogP contribution in [0, 0.1) is 16.0 Å². The molecule has 2 unspecified atom stereocenters. The monoisotopic (exact) mass is 350 g/mol. The van der Waals surface area contributed by atoms with Gasteiger partial charge in [0.1, 0.15) is 11.6 Å². The zero-order chi connectivity index (χ0) is 18.8. The van der Waals surface area contributed by atoms with Crippen LogP contribution in [0.3, 0.4) is 0 Å². The highest BCUT2D eigenvalue weighted by molar-refractivity contribution is 5.81. The van der Waals surface area contributed by atoms with Gasteiger partial charge in [0.25, 0.3) is 5.69 Å². The molecule has 1 aromatic rings. The van der Waals surface area contributed by atoms with E-state index in [1.54, 1.807) is 32.9 Å². The second-order valence-corrected chi connectivity index (χ2v) is 7.22. The molecule has 1 fully saturated rings. The number of nitro groups is 1. The van der Waals surface area contributed by atoms with Crippen LogP contribution in [-0.2, 0) is 16.0 Å². The van der Waals surface area contributed by atoms with Crippen LogP contribution in [0.1, 0.15) is 32.8 Å². The van der Waals surface area contributed by atoms with Crippen molar-refractivity contribution in [1.29, 1.82) is 0 Å². The minimum Gasteiger partial charge on any atom is -0.480 e. The van der Waals surface area contributed by atoms with Crippen LogP contribution in [0.4, 0.5) is 10.5 Å². The quantitative estimate of drug-likeness (QED) is 0.660. The van der Waals surface area contributed by atoms with E-state index in [0.29, 0.717) is 6.42 Å². The maximum atomic E-state index is 12.3. The van der Waals surface area contributed by atoms with Crippen molar-refractivity contribution >= 4 is 17.7 Å². The number of benzene rings is 1. The van der Waals surface area contributed by atoms with E-state index < -0.39 is 28.6 Å². The summed E-state index contributed by atoms with van der Waals surface area (Å²) in [6.07, 6.45) is 0.101. The van der Waals surface area contributed by atoms with Crippen molar-refractivity contribution in [2.24, 2.45) is 5.92 Å². The molecule has 8 heteroatoms. The number of non-ortho nitro benzene ring substituents is 1. The van der Waals surface area contributed by atoms with Crippen LogP contribution in [0.25, 0.3) is 0 Å². The second-order valence-electron chi connectivity index (χ2n) is 7.22. The Morgan fingerprint density at radius 2 is 2.08 bits per heavy atom. The molecule has 8 nitrogen and oxygen atoms in total. The summed E-state index contributed by atoms with van der Waals surface area (Å²) in [5, 5.41) is 20.3. The van der Waals surface area contributed by atoms with Crippen molar-refractivity contribution in [1.82, 2.24) is 4.90 Å². The molecule has 2 atom stereocenters. The molecule has 1 heterocycles. The van der Waals surface area contributed by atoms with Crippen molar-refractivity contribution in [2.75, 3.05) is 6.54 Å². The van der Waals surface area contributed by atoms with E-state index in [-0.39, 0.29) is 24.6 Å². The number of carboxylic acid groups (broad SMARTS) is 1. The topological polar surface area (TPSA) is 110 Å². The minimum atomic E-state index is -1.08. The van der Waals surface area contributed by atoms with Crippen molar-refractivity contribution in [3.8, 4) is 0 Å². The van der Waals surface area contributed by atoms with Gasteiger partial charge in [0.2, 0.25) is 0 Å². The van der Waals surface area contributed by atoms with E-state index in [4.69, 9.17) is 4.74 Å². The first-order valence-corrected chi connectivity index (χ1v) is 8.02. The van der Waals surface area contributed by atoms with Gasteiger partial charge >= 0.3 is 12.1 Å². The number of nitrogens with zero attached hydrogens (tertiary/aromatic N) is 2. The molecule has 0 spiro atoms. The molecular weight excluding hydrogens is 328 g/mol. The van der Waals surface area contributed by atoms with Crippen molar-refractivity contribution in [3.05, 3.63) is 39.9 Å². The molecule has 0 aliphatic carbocycles. The number of hydrogen-bond acceptors (Lipinski definition) is 5. The Labute approximate surface area is 145 Å². The molecule has 25 heavy (non-hydrogen) atoms. The van der Waals surface area contributed by atoms with Gasteiger partial charge in [0.15, 0.2) is 0 Å². The third kappa shape index (κ3) is 4.91. The summed E-state index contributed by atoms with van der Waals surface area (Å²) in [6.45, 7) is 5.40. The van der Waals surface area contributed by atoms with Crippen molar-refractivity contribution < 1.29 is 24.4 Å². The Morgan fingerprint density at radius 1 is 1.40 bits per heavy atom. The van der Waals surface area contributed by atoms with Crippen LogP contribution < -0.4 is 0 Å². The van der Waals surface area contributed by atoms with E-state index in [0.717, 1.165) is 5.56 Å². The Balaban J connectivity index is 2.11. The molecule has 0 radical (unpaired) electrons. The Hall–Kier alpha value is -2.64. The van der Waals surface area contributed by atoms with Gasteiger partial charge in [0.05, 0.1) is 4.92 Å². The lowest BCUT2D eigenvalue weighted by Gasteiger charge is -2.26. The van der Waals surface area contributed by atoms with Gasteiger partial charge in [-0.25, -0.2) is 9.59 Å². The number of carbonyl (C=O) groups excluding carboxylic acids is 1. The molecule has 1 aliphatic heterocycles. The number of rotatable bonds is 4. The lowest BCUT2D eigenvalue weighted by molar-refractivity contribution is -0.384. The standard InChI is InChI=1S/C17H22N2O6/c1-17(2,3)25-16(22)18-10-12(9-14(18)15(20)21)7-11-5-4-6-13(8-11)19(23)24/h4-6,8,12,14H,7,9-10H2,1-3H3,(H,20,21). The molecule has 0 bridgehead atoms. The summed E-state index contributed by atoms with van der Waals surface area (Å²) < 4.78 is 5.29. The fourth-order valence-electron chi connectivity index (χ4n) is 2.96. The molecule has 1 N–H and O–H groups in total. The lowest BCUT2D eigenvalue weighted by Crippen LogP contribution is -2.43. The number of carbonyl (C=O) groups is 2. The molecule has 136 valence electrons. The minimum absolute atomic E-state index is 0.00530. The van der Waals surface area contributed by atoms with E-state index in [1.165, 1.54) is 17.0 Å². The lowest BCUT2D eigenvalue weighted by atomic mass is 9.96. The largest absolute Gasteiger partial charge is 0.480 e. The molecule has 0 saturated carbocycles. The van der Waals surface area contributed by atoms with Gasteiger partial charge < -0.3 is 9.84 Å². The number of likely N-dealkylation sites (tertiary alicyclic amines) is 1. The van der Waals surface area contributed by atoms with Crippen molar-refractivity contribution in [3.63, 3.8) is 0 Å². The maximum absolute atomic E-state index is 12.3. The molecule has 1 aliphatic rings. The summed E-state index contributed by atoms with van der Waals surface area (Å²) in [4.78, 5) is 35.4. The first-order chi connectivity index (χ1) is 11.6. The van der Waals surface area contributed by atoms with Gasteiger partial charge in [0, 0.05) is 18.7 Å². The highest BCUT2D eigenvalue weighted by atomic mass is 16.6. The third-order valence-electron chi connectivity index (χ3n) is 3.95. The average molecular weight is 350 g/mol. The molecule has 0 aromatic heterocycles. The highest BCUT2D eigenvalue weighted by Gasteiger charge is 2.41. The fourth-order valence-corrected chi connectivity index (χ4v) is 2.96. The van der Waals surface area contributed by atoms with Crippen LogP contribution in [-0.4, -0.2) is 45.2 Å². The number of carboxylic acids is 1. The van der Waals surface area contributed by atoms with Gasteiger partial charge in [-0.15, -0.1) is 0 Å². The third-order valence-corrected chi connectivity index (χ3v) is 3.95. The predicted molar refractivity (Wildman–Crippen MR) is 89.3 cm³/mol. The number of amides is 1. The van der Waals surface area contributed by atoms with Gasteiger partial charge in [-0.05, 0) is 45.1 Å². The Morgan fingerprint density at radius 3 is 2.64 bits per heavy atom. The number of ether oxygens (including phenoxy) is 1. The Kier molecular flexibility index (Phi) is 5.30. The zero-order valence-corrected chi connectivity index (χ0v) is 14.5. The first kappa shape index (κ1) is 18.7. The van der Waals surface area contributed by atoms with Crippen LogP contribution in [0.2, 0.25) is 0 Å². The van der Waals surface area contributed by atoms with Crippen LogP contribution in [0.5, 0.6) is 0 Å². The highest BCUT2D eigenvalue weighted by Crippen LogP contribution is 2.29. The summed E-state index contributed by atoms with van der Waals surface area (Å²) in [7, 11) is 0. The smallest absolute Gasteiger partial charge is 0.411 e. The molecule has 2 rings (SSSR count). The first-order valence-electron chi connectivity index (χ1n) is 8.02. The number of nitro benzene ring substituents is 1. The fraction of sp³-hybridized carbons (Fsp3) is 0.529. The Bertz CT molecular complexity index is 682. The zero-order valence-electron chi connectivity index (χ0n) is 14.5. The summed E-state index contributed by atoms with van der Waals surface area (Å²) >= 11 is 0. The average Bonchev–Trinajstić information content (AvgIpc) is 2.90. The summed E-state index contributed by atoms with van der Waals surface area (Å²) in [5.41, 5.74) is 0.0294. The summed E-state index contributed by atoms with van der Waals surface area (Å²) in [6, 6.07) is 5.30. The van der Waals surface area contributed by atoms with E-state index in [1.807, 2.05) is 0 Å². The SMILES string of the molecule is CC(C)(C)OC(=O)N1CC(Cc2cccc([N+](=O)[O-])c2)CC1C(=O)O. The van der Waals surface area contributed by atoms with Crippen LogP contribution in [0.15, 0.2) is 24.3 Å².